The Morgan fingerprint density at radius 3 is 2.28 bits per heavy atom. The van der Waals surface area contributed by atoms with E-state index in [1.807, 2.05) is 4.90 Å². The molecule has 5 heteroatoms. The van der Waals surface area contributed by atoms with Gasteiger partial charge in [0.2, 0.25) is 5.91 Å². The average molecular weight is 273 g/mol. The van der Waals surface area contributed by atoms with Crippen LogP contribution in [0.2, 0.25) is 0 Å². The molecule has 1 amide bonds. The number of hydrogen-bond donors (Lipinski definition) is 1. The molecule has 0 spiro atoms. The molecule has 1 rings (SSSR count). The largest absolute Gasteiger partial charge is 0.481 e. The second kappa shape index (κ2) is 8.40. The van der Waals surface area contributed by atoms with E-state index in [-0.39, 0.29) is 11.8 Å². The third-order valence-electron chi connectivity index (χ3n) is 3.22. The molecular weight excluding hydrogens is 250 g/mol. The highest BCUT2D eigenvalue weighted by Gasteiger charge is 2.16. The summed E-state index contributed by atoms with van der Waals surface area (Å²) in [5.74, 6) is -0.0807. The van der Waals surface area contributed by atoms with Crippen molar-refractivity contribution in [1.82, 2.24) is 4.90 Å². The van der Waals surface area contributed by atoms with E-state index in [4.69, 9.17) is 5.11 Å². The molecule has 1 saturated heterocycles. The van der Waals surface area contributed by atoms with Gasteiger partial charge in [-0.05, 0) is 12.8 Å². The van der Waals surface area contributed by atoms with E-state index in [0.717, 1.165) is 25.9 Å². The highest BCUT2D eigenvalue weighted by atomic mass is 32.2. The summed E-state index contributed by atoms with van der Waals surface area (Å²) in [7, 11) is 0. The number of thioether (sulfide) groups is 1. The third kappa shape index (κ3) is 5.76. The first-order chi connectivity index (χ1) is 8.61. The van der Waals surface area contributed by atoms with Crippen molar-refractivity contribution in [2.24, 2.45) is 5.92 Å². The highest BCUT2D eigenvalue weighted by Crippen LogP contribution is 2.13. The van der Waals surface area contributed by atoms with Gasteiger partial charge in [0.05, 0.1) is 11.7 Å². The zero-order chi connectivity index (χ0) is 13.4. The molecule has 0 bridgehead atoms. The van der Waals surface area contributed by atoms with E-state index >= 15 is 0 Å². The van der Waals surface area contributed by atoms with E-state index in [1.54, 1.807) is 6.92 Å². The number of aliphatic carboxylic acids is 1. The second-order valence-corrected chi connectivity index (χ2v) is 5.93. The molecular formula is C13H23NO3S. The molecule has 104 valence electrons. The topological polar surface area (TPSA) is 57.6 Å². The van der Waals surface area contributed by atoms with E-state index in [9.17, 15) is 9.59 Å². The minimum Gasteiger partial charge on any atom is -0.481 e. The van der Waals surface area contributed by atoms with Crippen molar-refractivity contribution in [2.45, 2.75) is 39.0 Å². The molecule has 4 nitrogen and oxygen atoms in total. The lowest BCUT2D eigenvalue weighted by Crippen LogP contribution is -2.35. The number of rotatable bonds is 5. The number of likely N-dealkylation sites (tertiary alicyclic amines) is 1. The molecule has 1 heterocycles. The van der Waals surface area contributed by atoms with Gasteiger partial charge in [-0.15, -0.1) is 0 Å². The second-order valence-electron chi connectivity index (χ2n) is 4.90. The summed E-state index contributed by atoms with van der Waals surface area (Å²) in [6, 6.07) is 0. The first kappa shape index (κ1) is 15.3. The number of nitrogens with zero attached hydrogens (tertiary/aromatic N) is 1. The van der Waals surface area contributed by atoms with Crippen LogP contribution in [0.25, 0.3) is 0 Å². The Labute approximate surface area is 113 Å². The van der Waals surface area contributed by atoms with Gasteiger partial charge >= 0.3 is 5.97 Å². The van der Waals surface area contributed by atoms with Gasteiger partial charge in [0.1, 0.15) is 0 Å². The van der Waals surface area contributed by atoms with Crippen LogP contribution in [-0.2, 0) is 9.59 Å². The normalized spacial score (nSPS) is 18.8. The van der Waals surface area contributed by atoms with Gasteiger partial charge in [-0.1, -0.05) is 26.2 Å². The molecule has 1 N–H and O–H groups in total. The van der Waals surface area contributed by atoms with Gasteiger partial charge in [0.15, 0.2) is 0 Å². The van der Waals surface area contributed by atoms with Crippen molar-refractivity contribution >= 4 is 23.6 Å². The van der Waals surface area contributed by atoms with Crippen LogP contribution >= 0.6 is 11.8 Å². The Hall–Kier alpha value is -0.710. The Balaban J connectivity index is 2.23. The van der Waals surface area contributed by atoms with Crippen LogP contribution in [0.4, 0.5) is 0 Å². The van der Waals surface area contributed by atoms with Crippen molar-refractivity contribution in [3.8, 4) is 0 Å². The summed E-state index contributed by atoms with van der Waals surface area (Å²) < 4.78 is 0. The van der Waals surface area contributed by atoms with Crippen molar-refractivity contribution in [2.75, 3.05) is 24.6 Å². The van der Waals surface area contributed by atoms with E-state index in [2.05, 4.69) is 0 Å². The highest BCUT2D eigenvalue weighted by molar-refractivity contribution is 7.99. The van der Waals surface area contributed by atoms with Gasteiger partial charge < -0.3 is 10.0 Å². The van der Waals surface area contributed by atoms with Crippen LogP contribution in [0, 0.1) is 5.92 Å². The lowest BCUT2D eigenvalue weighted by molar-refractivity contribution is -0.140. The maximum absolute atomic E-state index is 12.0. The third-order valence-corrected chi connectivity index (χ3v) is 4.41. The fourth-order valence-electron chi connectivity index (χ4n) is 1.98. The molecule has 0 saturated carbocycles. The number of carbonyl (C=O) groups is 2. The van der Waals surface area contributed by atoms with Crippen LogP contribution in [0.3, 0.4) is 0 Å². The van der Waals surface area contributed by atoms with Gasteiger partial charge in [0.25, 0.3) is 0 Å². The summed E-state index contributed by atoms with van der Waals surface area (Å²) in [5.41, 5.74) is 0. The molecule has 0 aromatic rings. The first-order valence-corrected chi connectivity index (χ1v) is 7.85. The molecule has 1 unspecified atom stereocenters. The zero-order valence-corrected chi connectivity index (χ0v) is 11.9. The minimum absolute atomic E-state index is 0.166. The lowest BCUT2D eigenvalue weighted by atomic mass is 10.1. The van der Waals surface area contributed by atoms with Crippen LogP contribution in [0.15, 0.2) is 0 Å². The SMILES string of the molecule is CC(CSCC(=O)N1CCCCCCC1)C(=O)O. The Morgan fingerprint density at radius 2 is 1.72 bits per heavy atom. The standard InChI is InChI=1S/C13H23NO3S/c1-11(13(16)17)9-18-10-12(15)14-7-5-3-2-4-6-8-14/h11H,2-10H2,1H3,(H,16,17). The van der Waals surface area contributed by atoms with Crippen molar-refractivity contribution < 1.29 is 14.7 Å². The fraction of sp³-hybridized carbons (Fsp3) is 0.846. The van der Waals surface area contributed by atoms with E-state index in [0.29, 0.717) is 11.5 Å². The summed E-state index contributed by atoms with van der Waals surface area (Å²) in [6.07, 6.45) is 5.91. The number of carboxylic acids is 1. The summed E-state index contributed by atoms with van der Waals surface area (Å²) in [5, 5.41) is 8.76. The molecule has 0 radical (unpaired) electrons. The van der Waals surface area contributed by atoms with Crippen LogP contribution < -0.4 is 0 Å². The van der Waals surface area contributed by atoms with Gasteiger partial charge in [-0.3, -0.25) is 9.59 Å². The number of carboxylic acid groups (broad SMARTS) is 1. The van der Waals surface area contributed by atoms with Crippen LogP contribution in [0.1, 0.15) is 39.0 Å². The minimum atomic E-state index is -0.791. The van der Waals surface area contributed by atoms with Gasteiger partial charge in [-0.25, -0.2) is 0 Å². The summed E-state index contributed by atoms with van der Waals surface area (Å²) >= 11 is 1.43. The Morgan fingerprint density at radius 1 is 1.17 bits per heavy atom. The average Bonchev–Trinajstić information content (AvgIpc) is 2.27. The molecule has 1 aliphatic heterocycles. The molecule has 1 atom stereocenters. The smallest absolute Gasteiger partial charge is 0.307 e. The lowest BCUT2D eigenvalue weighted by Gasteiger charge is -2.24. The maximum atomic E-state index is 12.0. The first-order valence-electron chi connectivity index (χ1n) is 6.69. The molecule has 1 fully saturated rings. The molecule has 0 aromatic heterocycles. The zero-order valence-electron chi connectivity index (χ0n) is 11.1. The van der Waals surface area contributed by atoms with Crippen LogP contribution in [-0.4, -0.2) is 46.5 Å². The monoisotopic (exact) mass is 273 g/mol. The molecule has 0 aromatic carbocycles. The van der Waals surface area contributed by atoms with E-state index < -0.39 is 5.97 Å². The fourth-order valence-corrected chi connectivity index (χ4v) is 2.95. The Kier molecular flexibility index (Phi) is 7.16. The van der Waals surface area contributed by atoms with Gasteiger partial charge in [0, 0.05) is 18.8 Å². The van der Waals surface area contributed by atoms with E-state index in [1.165, 1.54) is 31.0 Å². The van der Waals surface area contributed by atoms with Crippen molar-refractivity contribution in [3.05, 3.63) is 0 Å². The summed E-state index contributed by atoms with van der Waals surface area (Å²) in [4.78, 5) is 24.6. The molecule has 0 aliphatic carbocycles. The predicted octanol–water partition coefficient (Wildman–Crippen LogP) is 2.23. The maximum Gasteiger partial charge on any atom is 0.307 e. The molecule has 1 aliphatic rings. The van der Waals surface area contributed by atoms with Crippen LogP contribution in [0.5, 0.6) is 0 Å². The summed E-state index contributed by atoms with van der Waals surface area (Å²) in [6.45, 7) is 3.41. The van der Waals surface area contributed by atoms with Crippen molar-refractivity contribution in [1.29, 1.82) is 0 Å². The Bertz CT molecular complexity index is 275. The number of hydrogen-bond acceptors (Lipinski definition) is 3. The quantitative estimate of drug-likeness (QED) is 0.834. The predicted molar refractivity (Wildman–Crippen MR) is 73.8 cm³/mol. The van der Waals surface area contributed by atoms with Crippen molar-refractivity contribution in [3.63, 3.8) is 0 Å². The number of carbonyl (C=O) groups excluding carboxylic acids is 1. The molecule has 18 heavy (non-hydrogen) atoms. The van der Waals surface area contributed by atoms with Gasteiger partial charge in [-0.2, -0.15) is 11.8 Å². The number of amides is 1.